The second-order valence-corrected chi connectivity index (χ2v) is 15.7. The van der Waals surface area contributed by atoms with Gasteiger partial charge in [-0.1, -0.05) is 181 Å². The van der Waals surface area contributed by atoms with E-state index in [4.69, 9.17) is 4.42 Å². The van der Waals surface area contributed by atoms with Crippen LogP contribution in [0.1, 0.15) is 27.8 Å². The van der Waals surface area contributed by atoms with E-state index in [0.717, 1.165) is 50.1 Å². The molecule has 9 aromatic carbocycles. The van der Waals surface area contributed by atoms with Crippen molar-refractivity contribution >= 4 is 39.0 Å². The van der Waals surface area contributed by atoms with E-state index >= 15 is 0 Å². The molecule has 1 heterocycles. The van der Waals surface area contributed by atoms with Gasteiger partial charge in [-0.15, -0.1) is 0 Å². The van der Waals surface area contributed by atoms with Gasteiger partial charge in [-0.25, -0.2) is 0 Å². The van der Waals surface area contributed by atoms with Crippen LogP contribution in [0.25, 0.3) is 66.4 Å². The van der Waals surface area contributed by atoms with Crippen molar-refractivity contribution < 1.29 is 4.42 Å². The van der Waals surface area contributed by atoms with Gasteiger partial charge in [-0.2, -0.15) is 0 Å². The third-order valence-electron chi connectivity index (χ3n) is 12.6. The number of fused-ring (bicyclic) bond motifs is 13. The summed E-state index contributed by atoms with van der Waals surface area (Å²) >= 11 is 0. The zero-order chi connectivity index (χ0) is 38.4. The van der Waals surface area contributed by atoms with Crippen molar-refractivity contribution in [2.24, 2.45) is 0 Å². The Morgan fingerprint density at radius 3 is 1.50 bits per heavy atom. The van der Waals surface area contributed by atoms with Crippen LogP contribution < -0.4 is 4.90 Å². The highest BCUT2D eigenvalue weighted by atomic mass is 16.3. The quantitative estimate of drug-likeness (QED) is 0.175. The Labute approximate surface area is 337 Å². The smallest absolute Gasteiger partial charge is 0.159 e. The molecule has 0 aliphatic heterocycles. The molecule has 0 radical (unpaired) electrons. The van der Waals surface area contributed by atoms with Crippen LogP contribution in [0, 0.1) is 6.92 Å². The number of rotatable bonds is 5. The highest BCUT2D eigenvalue weighted by molar-refractivity contribution is 6.13. The Balaban J connectivity index is 1.12. The zero-order valence-electron chi connectivity index (χ0n) is 32.0. The summed E-state index contributed by atoms with van der Waals surface area (Å²) in [6.07, 6.45) is 0. The van der Waals surface area contributed by atoms with Gasteiger partial charge in [-0.05, 0) is 98.5 Å². The predicted octanol–water partition coefficient (Wildman–Crippen LogP) is 15.0. The Morgan fingerprint density at radius 2 is 0.862 bits per heavy atom. The number of nitrogens with zero attached hydrogens (tertiary/aromatic N) is 1. The molecule has 2 heteroatoms. The number of hydrogen-bond donors (Lipinski definition) is 0. The van der Waals surface area contributed by atoms with Crippen molar-refractivity contribution in [1.29, 1.82) is 0 Å². The maximum atomic E-state index is 7.09. The first-order valence-electron chi connectivity index (χ1n) is 20.1. The van der Waals surface area contributed by atoms with E-state index in [1.807, 2.05) is 0 Å². The first kappa shape index (κ1) is 32.8. The monoisotopic (exact) mass is 739 g/mol. The van der Waals surface area contributed by atoms with Gasteiger partial charge in [0.1, 0.15) is 5.58 Å². The van der Waals surface area contributed by atoms with Crippen molar-refractivity contribution in [2.75, 3.05) is 4.90 Å². The normalized spacial score (nSPS) is 13.1. The van der Waals surface area contributed by atoms with Gasteiger partial charge in [0.2, 0.25) is 0 Å². The summed E-state index contributed by atoms with van der Waals surface area (Å²) in [5.41, 5.74) is 20.8. The van der Waals surface area contributed by atoms with Crippen LogP contribution in [0.4, 0.5) is 17.1 Å². The molecule has 1 spiro atoms. The van der Waals surface area contributed by atoms with Crippen molar-refractivity contribution in [3.05, 3.63) is 234 Å². The zero-order valence-corrected chi connectivity index (χ0v) is 32.0. The van der Waals surface area contributed by atoms with Gasteiger partial charge in [0.15, 0.2) is 5.58 Å². The van der Waals surface area contributed by atoms with E-state index in [9.17, 15) is 0 Å². The molecular formula is C56H37NO. The third kappa shape index (κ3) is 4.60. The summed E-state index contributed by atoms with van der Waals surface area (Å²) in [6.45, 7) is 2.13. The summed E-state index contributed by atoms with van der Waals surface area (Å²) in [7, 11) is 0. The van der Waals surface area contributed by atoms with Crippen LogP contribution in [0.3, 0.4) is 0 Å². The van der Waals surface area contributed by atoms with Crippen molar-refractivity contribution in [3.8, 4) is 44.5 Å². The van der Waals surface area contributed by atoms with Gasteiger partial charge >= 0.3 is 0 Å². The minimum atomic E-state index is -0.452. The maximum Gasteiger partial charge on any atom is 0.159 e. The lowest BCUT2D eigenvalue weighted by Crippen LogP contribution is -2.26. The number of aryl methyl sites for hydroxylation is 1. The molecule has 0 saturated heterocycles. The number of anilines is 3. The fourth-order valence-corrected chi connectivity index (χ4v) is 10.0. The number of para-hydroxylation sites is 2. The van der Waals surface area contributed by atoms with Crippen LogP contribution in [-0.4, -0.2) is 0 Å². The molecule has 0 fully saturated rings. The van der Waals surface area contributed by atoms with Crippen molar-refractivity contribution in [2.45, 2.75) is 12.3 Å². The standard InChI is InChI=1S/C56H37NO/c1-36-25-27-37(28-26-36)38-29-31-40(32-30-38)57(53-24-12-20-48-47-19-11-18-42(54(47)58-55(48)53)39-13-3-2-4-14-39)41-33-34-46-45-17-7-10-23-51(45)56(52(46)35-41)49-21-8-5-15-43(49)44-16-6-9-22-50(44)56/h2-35H,1H3. The third-order valence-corrected chi connectivity index (χ3v) is 12.6. The second-order valence-electron chi connectivity index (χ2n) is 15.7. The molecule has 0 atom stereocenters. The number of furan rings is 1. The lowest BCUT2D eigenvalue weighted by atomic mass is 9.70. The molecule has 0 saturated carbocycles. The van der Waals surface area contributed by atoms with Crippen LogP contribution in [0.5, 0.6) is 0 Å². The summed E-state index contributed by atoms with van der Waals surface area (Å²) in [4.78, 5) is 2.40. The van der Waals surface area contributed by atoms with Crippen molar-refractivity contribution in [3.63, 3.8) is 0 Å². The van der Waals surface area contributed by atoms with Crippen LogP contribution >= 0.6 is 0 Å². The van der Waals surface area contributed by atoms with Crippen LogP contribution in [0.2, 0.25) is 0 Å². The summed E-state index contributed by atoms with van der Waals surface area (Å²) in [6, 6.07) is 75.5. The average molecular weight is 740 g/mol. The van der Waals surface area contributed by atoms with Gasteiger partial charge in [0, 0.05) is 27.7 Å². The molecule has 2 aliphatic rings. The van der Waals surface area contributed by atoms with Gasteiger partial charge < -0.3 is 9.32 Å². The molecule has 272 valence electrons. The van der Waals surface area contributed by atoms with Crippen LogP contribution in [-0.2, 0) is 5.41 Å². The molecule has 0 N–H and O–H groups in total. The Kier molecular flexibility index (Phi) is 7.09. The van der Waals surface area contributed by atoms with Crippen molar-refractivity contribution in [1.82, 2.24) is 0 Å². The van der Waals surface area contributed by atoms with E-state index in [1.165, 1.54) is 61.2 Å². The molecule has 10 aromatic rings. The SMILES string of the molecule is Cc1ccc(-c2ccc(N(c3ccc4c(c3)C3(c5ccccc5-c5ccccc53)c3ccccc3-4)c3cccc4c3oc3c(-c5ccccc5)cccc34)cc2)cc1. The summed E-state index contributed by atoms with van der Waals surface area (Å²) in [5.74, 6) is 0. The number of hydrogen-bond acceptors (Lipinski definition) is 2. The minimum Gasteiger partial charge on any atom is -0.453 e. The Bertz CT molecular complexity index is 3160. The largest absolute Gasteiger partial charge is 0.453 e. The molecule has 2 aliphatic carbocycles. The number of benzene rings is 9. The van der Waals surface area contributed by atoms with E-state index < -0.39 is 5.41 Å². The second kappa shape index (κ2) is 12.5. The molecule has 2 nitrogen and oxygen atoms in total. The first-order valence-corrected chi connectivity index (χ1v) is 20.1. The lowest BCUT2D eigenvalue weighted by Gasteiger charge is -2.32. The highest BCUT2D eigenvalue weighted by Crippen LogP contribution is 2.63. The summed E-state index contributed by atoms with van der Waals surface area (Å²) in [5, 5.41) is 2.20. The lowest BCUT2D eigenvalue weighted by molar-refractivity contribution is 0.670. The molecule has 0 bridgehead atoms. The Hall–Kier alpha value is -7.42. The molecule has 0 unspecified atom stereocenters. The molecule has 12 rings (SSSR count). The molecule has 1 aromatic heterocycles. The fourth-order valence-electron chi connectivity index (χ4n) is 10.0. The van der Waals surface area contributed by atoms with Gasteiger partial charge in [0.05, 0.1) is 11.1 Å². The molecule has 58 heavy (non-hydrogen) atoms. The van der Waals surface area contributed by atoms with E-state index in [2.05, 4.69) is 218 Å². The first-order chi connectivity index (χ1) is 28.7. The highest BCUT2D eigenvalue weighted by Gasteiger charge is 2.51. The van der Waals surface area contributed by atoms with E-state index in [1.54, 1.807) is 0 Å². The van der Waals surface area contributed by atoms with Gasteiger partial charge in [0.25, 0.3) is 0 Å². The molecule has 0 amide bonds. The van der Waals surface area contributed by atoms with Crippen LogP contribution in [0.15, 0.2) is 211 Å². The van der Waals surface area contributed by atoms with E-state index in [-0.39, 0.29) is 0 Å². The summed E-state index contributed by atoms with van der Waals surface area (Å²) < 4.78 is 7.09. The predicted molar refractivity (Wildman–Crippen MR) is 240 cm³/mol. The Morgan fingerprint density at radius 1 is 0.362 bits per heavy atom. The minimum absolute atomic E-state index is 0.452. The van der Waals surface area contributed by atoms with Gasteiger partial charge in [-0.3, -0.25) is 0 Å². The topological polar surface area (TPSA) is 16.4 Å². The van der Waals surface area contributed by atoms with E-state index in [0.29, 0.717) is 0 Å². The average Bonchev–Trinajstić information content (AvgIpc) is 3.92. The molecular weight excluding hydrogens is 703 g/mol. The fraction of sp³-hybridized carbons (Fsp3) is 0.0357. The maximum absolute atomic E-state index is 7.09.